The highest BCUT2D eigenvalue weighted by atomic mass is 15.3. The molecule has 1 aromatic heterocycles. The topological polar surface area (TPSA) is 17.8 Å². The monoisotopic (exact) mass is 240 g/mol. The summed E-state index contributed by atoms with van der Waals surface area (Å²) in [6.45, 7) is 2.12. The van der Waals surface area contributed by atoms with E-state index >= 15 is 0 Å². The molecule has 0 amide bonds. The first-order valence-electron chi connectivity index (χ1n) is 6.94. The number of hydrogen-bond donors (Lipinski definition) is 0. The second-order valence-electron chi connectivity index (χ2n) is 5.37. The van der Waals surface area contributed by atoms with Crippen LogP contribution >= 0.6 is 0 Å². The van der Waals surface area contributed by atoms with E-state index < -0.39 is 0 Å². The lowest BCUT2D eigenvalue weighted by Crippen LogP contribution is -2.12. The molecule has 0 bridgehead atoms. The molecular weight excluding hydrogens is 220 g/mol. The maximum Gasteiger partial charge on any atom is 0.0568 e. The Labute approximate surface area is 109 Å². The van der Waals surface area contributed by atoms with Crippen LogP contribution in [0, 0.1) is 6.92 Å². The van der Waals surface area contributed by atoms with E-state index in [0.29, 0.717) is 6.04 Å². The van der Waals surface area contributed by atoms with Crippen LogP contribution < -0.4 is 0 Å². The van der Waals surface area contributed by atoms with Crippen molar-refractivity contribution in [2.24, 2.45) is 0 Å². The summed E-state index contributed by atoms with van der Waals surface area (Å²) >= 11 is 0. The SMILES string of the molecule is Cc1ccc(-c2cnn(C3CCCCC3)c2)cc1. The molecule has 1 heterocycles. The molecule has 1 aromatic carbocycles. The van der Waals surface area contributed by atoms with Crippen LogP contribution in [0.15, 0.2) is 36.7 Å². The minimum atomic E-state index is 0.623. The van der Waals surface area contributed by atoms with Gasteiger partial charge in [-0.25, -0.2) is 0 Å². The Balaban J connectivity index is 1.82. The molecule has 3 rings (SSSR count). The van der Waals surface area contributed by atoms with E-state index in [-0.39, 0.29) is 0 Å². The molecule has 2 nitrogen and oxygen atoms in total. The second kappa shape index (κ2) is 4.97. The van der Waals surface area contributed by atoms with E-state index in [4.69, 9.17) is 0 Å². The fourth-order valence-corrected chi connectivity index (χ4v) is 2.78. The van der Waals surface area contributed by atoms with Crippen molar-refractivity contribution in [1.82, 2.24) is 9.78 Å². The van der Waals surface area contributed by atoms with Gasteiger partial charge in [0.05, 0.1) is 12.2 Å². The molecule has 0 radical (unpaired) electrons. The fraction of sp³-hybridized carbons (Fsp3) is 0.438. The third kappa shape index (κ3) is 2.33. The summed E-state index contributed by atoms with van der Waals surface area (Å²) in [5, 5.41) is 4.56. The zero-order chi connectivity index (χ0) is 12.4. The molecule has 0 saturated heterocycles. The van der Waals surface area contributed by atoms with E-state index in [1.165, 1.54) is 48.8 Å². The average Bonchev–Trinajstić information content (AvgIpc) is 2.90. The standard InChI is InChI=1S/C16H20N2/c1-13-7-9-14(10-8-13)15-11-17-18(12-15)16-5-3-2-4-6-16/h7-12,16H,2-6H2,1H3. The lowest BCUT2D eigenvalue weighted by atomic mass is 9.96. The highest BCUT2D eigenvalue weighted by molar-refractivity contribution is 5.61. The molecule has 1 saturated carbocycles. The van der Waals surface area contributed by atoms with E-state index in [1.54, 1.807) is 0 Å². The Morgan fingerprint density at radius 2 is 1.72 bits per heavy atom. The second-order valence-corrected chi connectivity index (χ2v) is 5.37. The van der Waals surface area contributed by atoms with E-state index in [9.17, 15) is 0 Å². The van der Waals surface area contributed by atoms with Crippen LogP contribution in [0.2, 0.25) is 0 Å². The third-order valence-electron chi connectivity index (χ3n) is 3.94. The van der Waals surface area contributed by atoms with Crippen molar-refractivity contribution in [2.75, 3.05) is 0 Å². The fourth-order valence-electron chi connectivity index (χ4n) is 2.78. The molecule has 2 aromatic rings. The van der Waals surface area contributed by atoms with Gasteiger partial charge in [-0.2, -0.15) is 5.10 Å². The Bertz CT molecular complexity index is 504. The number of aromatic nitrogens is 2. The van der Waals surface area contributed by atoms with E-state index in [2.05, 4.69) is 47.2 Å². The van der Waals surface area contributed by atoms with Crippen LogP contribution in [0.5, 0.6) is 0 Å². The molecule has 1 aliphatic carbocycles. The molecule has 1 aliphatic rings. The smallest absolute Gasteiger partial charge is 0.0568 e. The summed E-state index contributed by atoms with van der Waals surface area (Å²) in [4.78, 5) is 0. The van der Waals surface area contributed by atoms with Crippen molar-refractivity contribution in [3.63, 3.8) is 0 Å². The highest BCUT2D eigenvalue weighted by Crippen LogP contribution is 2.29. The molecule has 94 valence electrons. The van der Waals surface area contributed by atoms with Gasteiger partial charge in [-0.15, -0.1) is 0 Å². The quantitative estimate of drug-likeness (QED) is 0.762. The number of aryl methyl sites for hydroxylation is 1. The zero-order valence-electron chi connectivity index (χ0n) is 11.0. The number of rotatable bonds is 2. The maximum absolute atomic E-state index is 4.56. The van der Waals surface area contributed by atoms with E-state index in [1.807, 2.05) is 6.20 Å². The summed E-state index contributed by atoms with van der Waals surface area (Å²) in [5.41, 5.74) is 3.81. The molecule has 0 unspecified atom stereocenters. The zero-order valence-corrected chi connectivity index (χ0v) is 11.0. The predicted octanol–water partition coefficient (Wildman–Crippen LogP) is 4.36. The summed E-state index contributed by atoms with van der Waals surface area (Å²) in [5.74, 6) is 0. The predicted molar refractivity (Wildman–Crippen MR) is 74.5 cm³/mol. The molecule has 0 atom stereocenters. The molecule has 18 heavy (non-hydrogen) atoms. The van der Waals surface area contributed by atoms with Crippen LogP contribution in [0.3, 0.4) is 0 Å². The molecule has 2 heteroatoms. The van der Waals surface area contributed by atoms with Gasteiger partial charge in [-0.05, 0) is 25.3 Å². The first-order chi connectivity index (χ1) is 8.83. The van der Waals surface area contributed by atoms with Gasteiger partial charge in [0, 0.05) is 11.8 Å². The van der Waals surface area contributed by atoms with Crippen molar-refractivity contribution < 1.29 is 0 Å². The average molecular weight is 240 g/mol. The molecule has 1 fully saturated rings. The number of nitrogens with zero attached hydrogens (tertiary/aromatic N) is 2. The van der Waals surface area contributed by atoms with Crippen molar-refractivity contribution in [3.8, 4) is 11.1 Å². The largest absolute Gasteiger partial charge is 0.269 e. The van der Waals surface area contributed by atoms with Gasteiger partial charge < -0.3 is 0 Å². The van der Waals surface area contributed by atoms with Crippen LogP contribution in [0.1, 0.15) is 43.7 Å². The van der Waals surface area contributed by atoms with Crippen molar-refractivity contribution in [1.29, 1.82) is 0 Å². The summed E-state index contributed by atoms with van der Waals surface area (Å²) in [6.07, 6.45) is 10.9. The Morgan fingerprint density at radius 3 is 2.44 bits per heavy atom. The lowest BCUT2D eigenvalue weighted by molar-refractivity contribution is 0.329. The van der Waals surface area contributed by atoms with Crippen molar-refractivity contribution in [2.45, 2.75) is 45.1 Å². The number of benzene rings is 1. The normalized spacial score (nSPS) is 16.9. The summed E-state index contributed by atoms with van der Waals surface area (Å²) in [7, 11) is 0. The molecule has 0 aliphatic heterocycles. The summed E-state index contributed by atoms with van der Waals surface area (Å²) in [6, 6.07) is 9.30. The minimum Gasteiger partial charge on any atom is -0.269 e. The van der Waals surface area contributed by atoms with Crippen LogP contribution in [-0.4, -0.2) is 9.78 Å². The van der Waals surface area contributed by atoms with Crippen LogP contribution in [0.4, 0.5) is 0 Å². The first kappa shape index (κ1) is 11.5. The highest BCUT2D eigenvalue weighted by Gasteiger charge is 2.16. The first-order valence-corrected chi connectivity index (χ1v) is 6.94. The Hall–Kier alpha value is -1.57. The molecule has 0 N–H and O–H groups in total. The Morgan fingerprint density at radius 1 is 1.00 bits per heavy atom. The van der Waals surface area contributed by atoms with Gasteiger partial charge >= 0.3 is 0 Å². The lowest BCUT2D eigenvalue weighted by Gasteiger charge is -2.21. The summed E-state index contributed by atoms with van der Waals surface area (Å²) < 4.78 is 2.17. The van der Waals surface area contributed by atoms with Crippen molar-refractivity contribution >= 4 is 0 Å². The van der Waals surface area contributed by atoms with Gasteiger partial charge in [0.2, 0.25) is 0 Å². The molecule has 0 spiro atoms. The minimum absolute atomic E-state index is 0.623. The van der Waals surface area contributed by atoms with Crippen molar-refractivity contribution in [3.05, 3.63) is 42.2 Å². The number of hydrogen-bond acceptors (Lipinski definition) is 1. The van der Waals surface area contributed by atoms with Gasteiger partial charge in [-0.3, -0.25) is 4.68 Å². The molecular formula is C16H20N2. The van der Waals surface area contributed by atoms with Gasteiger partial charge in [0.15, 0.2) is 0 Å². The third-order valence-corrected chi connectivity index (χ3v) is 3.94. The Kier molecular flexibility index (Phi) is 3.18. The van der Waals surface area contributed by atoms with Gasteiger partial charge in [0.25, 0.3) is 0 Å². The van der Waals surface area contributed by atoms with E-state index in [0.717, 1.165) is 0 Å². The van der Waals surface area contributed by atoms with Crippen LogP contribution in [-0.2, 0) is 0 Å². The maximum atomic E-state index is 4.56. The van der Waals surface area contributed by atoms with Crippen LogP contribution in [0.25, 0.3) is 11.1 Å². The van der Waals surface area contributed by atoms with Gasteiger partial charge in [-0.1, -0.05) is 49.1 Å². The van der Waals surface area contributed by atoms with Gasteiger partial charge in [0.1, 0.15) is 0 Å².